The highest BCUT2D eigenvalue weighted by molar-refractivity contribution is 5.87. The number of pyridine rings is 1. The highest BCUT2D eigenvalue weighted by Crippen LogP contribution is 2.43. The number of piperidine rings is 1. The fourth-order valence-electron chi connectivity index (χ4n) is 4.77. The van der Waals surface area contributed by atoms with E-state index in [4.69, 9.17) is 4.74 Å². The zero-order valence-corrected chi connectivity index (χ0v) is 18.7. The van der Waals surface area contributed by atoms with Crippen molar-refractivity contribution in [1.29, 1.82) is 0 Å². The van der Waals surface area contributed by atoms with Gasteiger partial charge in [-0.1, -0.05) is 19.9 Å². The Hall–Kier alpha value is -2.60. The van der Waals surface area contributed by atoms with E-state index in [0.717, 1.165) is 79.1 Å². The molecule has 4 rings (SSSR count). The maximum Gasteiger partial charge on any atom is 0.307 e. The maximum absolute atomic E-state index is 11.7. The van der Waals surface area contributed by atoms with Crippen LogP contribution in [0.1, 0.15) is 55.6 Å². The number of aliphatic carboxylic acids is 1. The largest absolute Gasteiger partial charge is 0.493 e. The van der Waals surface area contributed by atoms with E-state index in [2.05, 4.69) is 29.8 Å². The molecule has 2 N–H and O–H groups in total. The van der Waals surface area contributed by atoms with Gasteiger partial charge in [-0.3, -0.25) is 9.78 Å². The van der Waals surface area contributed by atoms with E-state index in [0.29, 0.717) is 11.4 Å². The minimum atomic E-state index is -0.870. The molecule has 0 aliphatic carbocycles. The van der Waals surface area contributed by atoms with E-state index in [1.165, 1.54) is 0 Å². The molecule has 0 spiro atoms. The molecule has 1 saturated heterocycles. The van der Waals surface area contributed by atoms with Crippen molar-refractivity contribution >= 4 is 11.7 Å². The molecule has 6 heteroatoms. The van der Waals surface area contributed by atoms with Gasteiger partial charge in [0.2, 0.25) is 0 Å². The Balaban J connectivity index is 1.91. The molecule has 2 aliphatic rings. The number of aliphatic hydroxyl groups excluding tert-OH is 1. The zero-order chi connectivity index (χ0) is 22.2. The van der Waals surface area contributed by atoms with Crippen LogP contribution in [0.15, 0.2) is 18.2 Å². The number of aryl methyl sites for hydroxylation is 2. The molecule has 166 valence electrons. The first-order chi connectivity index (χ1) is 14.8. The number of anilines is 1. The molecule has 0 unspecified atom stereocenters. The van der Waals surface area contributed by atoms with Crippen LogP contribution in [0.2, 0.25) is 0 Å². The Bertz CT molecular complexity index is 990. The molecule has 2 aliphatic heterocycles. The van der Waals surface area contributed by atoms with Gasteiger partial charge in [0.25, 0.3) is 0 Å². The summed E-state index contributed by atoms with van der Waals surface area (Å²) in [5.41, 5.74) is 6.19. The predicted octanol–water partition coefficient (Wildman–Crippen LogP) is 4.13. The molecule has 2 aromatic rings. The van der Waals surface area contributed by atoms with Gasteiger partial charge in [0.15, 0.2) is 0 Å². The highest BCUT2D eigenvalue weighted by Gasteiger charge is 2.31. The van der Waals surface area contributed by atoms with Crippen LogP contribution in [0.3, 0.4) is 0 Å². The van der Waals surface area contributed by atoms with E-state index in [9.17, 15) is 15.0 Å². The third-order valence-corrected chi connectivity index (χ3v) is 6.66. The first-order valence-corrected chi connectivity index (χ1v) is 11.1. The fourth-order valence-corrected chi connectivity index (χ4v) is 4.77. The maximum atomic E-state index is 11.7. The minimum Gasteiger partial charge on any atom is -0.493 e. The number of ether oxygens (including phenoxy) is 1. The van der Waals surface area contributed by atoms with Crippen LogP contribution in [-0.4, -0.2) is 40.9 Å². The number of hydrogen-bond acceptors (Lipinski definition) is 5. The van der Waals surface area contributed by atoms with Gasteiger partial charge >= 0.3 is 5.97 Å². The van der Waals surface area contributed by atoms with Gasteiger partial charge in [0.1, 0.15) is 5.75 Å². The average Bonchev–Trinajstić information content (AvgIpc) is 2.74. The Labute approximate surface area is 183 Å². The first kappa shape index (κ1) is 21.6. The van der Waals surface area contributed by atoms with Crippen molar-refractivity contribution in [2.45, 2.75) is 59.5 Å². The van der Waals surface area contributed by atoms with Crippen molar-refractivity contribution in [1.82, 2.24) is 4.98 Å². The van der Waals surface area contributed by atoms with Crippen LogP contribution < -0.4 is 9.64 Å². The van der Waals surface area contributed by atoms with Crippen molar-refractivity contribution < 1.29 is 19.7 Å². The molecule has 6 nitrogen and oxygen atoms in total. The summed E-state index contributed by atoms with van der Waals surface area (Å²) in [5, 5.41) is 19.8. The lowest BCUT2D eigenvalue weighted by Crippen LogP contribution is -2.38. The van der Waals surface area contributed by atoms with E-state index < -0.39 is 5.97 Å². The summed E-state index contributed by atoms with van der Waals surface area (Å²) < 4.78 is 5.78. The van der Waals surface area contributed by atoms with E-state index >= 15 is 0 Å². The molecule has 31 heavy (non-hydrogen) atoms. The number of aromatic nitrogens is 1. The number of nitrogens with zero attached hydrogens (tertiary/aromatic N) is 2. The molecular formula is C25H32N2O4. The van der Waals surface area contributed by atoms with Gasteiger partial charge in [0.05, 0.1) is 31.0 Å². The molecule has 0 bridgehead atoms. The highest BCUT2D eigenvalue weighted by atomic mass is 16.5. The number of carboxylic acid groups (broad SMARTS) is 1. The number of carbonyl (C=O) groups is 1. The topological polar surface area (TPSA) is 82.9 Å². The van der Waals surface area contributed by atoms with Gasteiger partial charge in [-0.15, -0.1) is 0 Å². The lowest BCUT2D eigenvalue weighted by atomic mass is 9.82. The first-order valence-electron chi connectivity index (χ1n) is 11.1. The van der Waals surface area contributed by atoms with Crippen molar-refractivity contribution in [2.75, 3.05) is 24.6 Å². The molecule has 0 radical (unpaired) electrons. The second-order valence-corrected chi connectivity index (χ2v) is 9.50. The molecule has 1 aromatic heterocycles. The molecule has 0 saturated carbocycles. The van der Waals surface area contributed by atoms with Gasteiger partial charge in [-0.25, -0.2) is 0 Å². The summed E-state index contributed by atoms with van der Waals surface area (Å²) in [6.45, 7) is 8.66. The quantitative estimate of drug-likeness (QED) is 0.751. The number of benzene rings is 1. The van der Waals surface area contributed by atoms with Crippen LogP contribution >= 0.6 is 0 Å². The molecule has 0 atom stereocenters. The SMILES string of the molecule is Cc1nc(CO)c(-c2ccc3c(c2)CCCO3)c(N2CCC(C)(C)CC2)c1CC(=O)O. The predicted molar refractivity (Wildman–Crippen MR) is 121 cm³/mol. The van der Waals surface area contributed by atoms with Crippen LogP contribution in [0, 0.1) is 12.3 Å². The average molecular weight is 425 g/mol. The molecule has 1 fully saturated rings. The summed E-state index contributed by atoms with van der Waals surface area (Å²) in [4.78, 5) is 18.7. The van der Waals surface area contributed by atoms with Crippen molar-refractivity contribution in [3.8, 4) is 16.9 Å². The van der Waals surface area contributed by atoms with Gasteiger partial charge < -0.3 is 19.8 Å². The molecular weight excluding hydrogens is 392 g/mol. The molecule has 0 amide bonds. The Morgan fingerprint density at radius 1 is 1.26 bits per heavy atom. The second-order valence-electron chi connectivity index (χ2n) is 9.50. The number of fused-ring (bicyclic) bond motifs is 1. The number of rotatable bonds is 5. The normalized spacial score (nSPS) is 17.7. The summed E-state index contributed by atoms with van der Waals surface area (Å²) in [6.07, 6.45) is 3.92. The number of hydrogen-bond donors (Lipinski definition) is 2. The lowest BCUT2D eigenvalue weighted by molar-refractivity contribution is -0.136. The van der Waals surface area contributed by atoms with Gasteiger partial charge in [0, 0.05) is 29.9 Å². The van der Waals surface area contributed by atoms with Crippen molar-refractivity contribution in [3.63, 3.8) is 0 Å². The van der Waals surface area contributed by atoms with Crippen LogP contribution in [0.5, 0.6) is 5.75 Å². The van der Waals surface area contributed by atoms with E-state index in [1.807, 2.05) is 19.1 Å². The number of aliphatic hydroxyl groups is 1. The Morgan fingerprint density at radius 2 is 2.00 bits per heavy atom. The van der Waals surface area contributed by atoms with Gasteiger partial charge in [-0.05, 0) is 61.3 Å². The molecule has 3 heterocycles. The minimum absolute atomic E-state index is 0.0825. The smallest absolute Gasteiger partial charge is 0.307 e. The zero-order valence-electron chi connectivity index (χ0n) is 18.7. The fraction of sp³-hybridized carbons (Fsp3) is 0.520. The van der Waals surface area contributed by atoms with E-state index in [-0.39, 0.29) is 18.4 Å². The summed E-state index contributed by atoms with van der Waals surface area (Å²) in [5.74, 6) is 0.0395. The summed E-state index contributed by atoms with van der Waals surface area (Å²) in [6, 6.07) is 6.13. The Morgan fingerprint density at radius 3 is 2.68 bits per heavy atom. The van der Waals surface area contributed by atoms with Crippen molar-refractivity contribution in [2.24, 2.45) is 5.41 Å². The van der Waals surface area contributed by atoms with Crippen LogP contribution in [0.4, 0.5) is 5.69 Å². The summed E-state index contributed by atoms with van der Waals surface area (Å²) >= 11 is 0. The lowest BCUT2D eigenvalue weighted by Gasteiger charge is -2.40. The summed E-state index contributed by atoms with van der Waals surface area (Å²) in [7, 11) is 0. The van der Waals surface area contributed by atoms with Crippen LogP contribution in [0.25, 0.3) is 11.1 Å². The molecule has 1 aromatic carbocycles. The second kappa shape index (κ2) is 8.50. The Kier molecular flexibility index (Phi) is 5.93. The third kappa shape index (κ3) is 4.40. The van der Waals surface area contributed by atoms with Crippen molar-refractivity contribution in [3.05, 3.63) is 40.7 Å². The van der Waals surface area contributed by atoms with E-state index in [1.54, 1.807) is 0 Å². The van der Waals surface area contributed by atoms with Crippen LogP contribution in [-0.2, 0) is 24.2 Å². The third-order valence-electron chi connectivity index (χ3n) is 6.66. The standard InChI is InChI=1S/C25H32N2O4/c1-16-19(14-22(29)30)24(27-10-8-25(2,3)9-11-27)23(20(15-28)26-16)18-6-7-21-17(13-18)5-4-12-31-21/h6-7,13,28H,4-5,8-12,14-15H2,1-3H3,(H,29,30). The van der Waals surface area contributed by atoms with Gasteiger partial charge in [-0.2, -0.15) is 0 Å². The number of carboxylic acids is 1. The monoisotopic (exact) mass is 424 g/mol.